The van der Waals surface area contributed by atoms with Gasteiger partial charge in [0.25, 0.3) is 0 Å². The number of oxazole rings is 1. The minimum Gasteiger partial charge on any atom is -0.444 e. The number of aryl methyl sites for hydroxylation is 1. The number of amides is 2. The molecule has 1 saturated heterocycles. The number of likely N-dealkylation sites (N-methyl/N-ethyl adjacent to an activating group) is 1. The maximum Gasteiger partial charge on any atom is 0.412 e. The van der Waals surface area contributed by atoms with Crippen molar-refractivity contribution >= 4 is 29.1 Å². The number of carbonyl (C=O) groups excluding carboxylic acids is 2. The normalized spacial score (nSPS) is 16.7. The van der Waals surface area contributed by atoms with Gasteiger partial charge in [0.15, 0.2) is 5.76 Å². The molecule has 2 aliphatic rings. The molecule has 6 rings (SSSR count). The Hall–Kier alpha value is -4.76. The second kappa shape index (κ2) is 12.6. The number of hydrogen-bond acceptors (Lipinski definition) is 7. The Kier molecular flexibility index (Phi) is 8.53. The highest BCUT2D eigenvalue weighted by atomic mass is 16.6. The summed E-state index contributed by atoms with van der Waals surface area (Å²) in [7, 11) is 3.91. The van der Waals surface area contributed by atoms with Crippen LogP contribution in [0, 0.1) is 6.92 Å². The lowest BCUT2D eigenvalue weighted by molar-refractivity contribution is -0.136. The predicted octanol–water partition coefficient (Wildman–Crippen LogP) is 7.59. The van der Waals surface area contributed by atoms with Crippen LogP contribution in [0.4, 0.5) is 16.2 Å². The first-order chi connectivity index (χ1) is 22.0. The number of benzene rings is 3. The largest absolute Gasteiger partial charge is 0.444 e. The van der Waals surface area contributed by atoms with Crippen molar-refractivity contribution in [2.45, 2.75) is 64.6 Å². The molecule has 0 saturated carbocycles. The van der Waals surface area contributed by atoms with Crippen LogP contribution in [0.25, 0.3) is 22.8 Å². The molecule has 1 fully saturated rings. The van der Waals surface area contributed by atoms with Crippen LogP contribution in [0.15, 0.2) is 82.3 Å². The fourth-order valence-electron chi connectivity index (χ4n) is 6.23. The minimum absolute atomic E-state index is 0.0172. The molecule has 9 nitrogen and oxygen atoms in total. The van der Waals surface area contributed by atoms with Crippen LogP contribution in [0.2, 0.25) is 0 Å². The molecule has 2 amide bonds. The van der Waals surface area contributed by atoms with Gasteiger partial charge in [0.2, 0.25) is 11.8 Å². The molecular weight excluding hydrogens is 578 g/mol. The minimum atomic E-state index is -0.598. The van der Waals surface area contributed by atoms with Crippen molar-refractivity contribution in [2.24, 2.45) is 4.99 Å². The van der Waals surface area contributed by atoms with E-state index in [1.165, 1.54) is 0 Å². The van der Waals surface area contributed by atoms with Crippen LogP contribution in [0.1, 0.15) is 56.3 Å². The average molecular weight is 620 g/mol. The zero-order chi connectivity index (χ0) is 32.6. The van der Waals surface area contributed by atoms with Gasteiger partial charge >= 0.3 is 6.09 Å². The van der Waals surface area contributed by atoms with E-state index in [2.05, 4.69) is 16.4 Å². The quantitative estimate of drug-likeness (QED) is 0.229. The Balaban J connectivity index is 1.20. The summed E-state index contributed by atoms with van der Waals surface area (Å²) in [6.45, 7) is 8.13. The van der Waals surface area contributed by atoms with Gasteiger partial charge in [0, 0.05) is 35.5 Å². The van der Waals surface area contributed by atoms with E-state index in [9.17, 15) is 9.59 Å². The SMILES string of the molecule is Cc1ccc(-c2ncc(-c3ccc4c(c3)N=C([C@@H]3CCCN3C(=O)[C@@H](c3ccccc3)N(C)C)C4)o2)cc1NC(=O)OC(C)(C)C. The number of fused-ring (bicyclic) bond motifs is 1. The lowest BCUT2D eigenvalue weighted by atomic mass is 10.00. The van der Waals surface area contributed by atoms with Gasteiger partial charge in [-0.2, -0.15) is 0 Å². The van der Waals surface area contributed by atoms with Gasteiger partial charge in [-0.1, -0.05) is 48.5 Å². The molecule has 3 heterocycles. The van der Waals surface area contributed by atoms with Gasteiger partial charge in [-0.25, -0.2) is 9.78 Å². The molecule has 2 aliphatic heterocycles. The number of anilines is 1. The summed E-state index contributed by atoms with van der Waals surface area (Å²) >= 11 is 0. The Morgan fingerprint density at radius 3 is 2.54 bits per heavy atom. The third-order valence-electron chi connectivity index (χ3n) is 8.42. The van der Waals surface area contributed by atoms with E-state index < -0.39 is 11.7 Å². The molecule has 9 heteroatoms. The molecule has 4 aromatic rings. The fourth-order valence-corrected chi connectivity index (χ4v) is 6.23. The monoisotopic (exact) mass is 619 g/mol. The highest BCUT2D eigenvalue weighted by molar-refractivity contribution is 6.01. The van der Waals surface area contributed by atoms with Crippen molar-refractivity contribution < 1.29 is 18.7 Å². The Bertz CT molecular complexity index is 1790. The number of carbonyl (C=O) groups is 2. The lowest BCUT2D eigenvalue weighted by Gasteiger charge is -2.32. The summed E-state index contributed by atoms with van der Waals surface area (Å²) in [4.78, 5) is 39.9. The molecule has 46 heavy (non-hydrogen) atoms. The second-order valence-corrected chi connectivity index (χ2v) is 13.3. The second-order valence-electron chi connectivity index (χ2n) is 13.3. The molecule has 2 atom stereocenters. The van der Waals surface area contributed by atoms with Gasteiger partial charge in [0.1, 0.15) is 11.6 Å². The van der Waals surface area contributed by atoms with Crippen molar-refractivity contribution in [2.75, 3.05) is 26.0 Å². The van der Waals surface area contributed by atoms with Crippen LogP contribution in [0.5, 0.6) is 0 Å². The maximum absolute atomic E-state index is 13.9. The zero-order valence-electron chi connectivity index (χ0n) is 27.3. The zero-order valence-corrected chi connectivity index (χ0v) is 27.3. The third kappa shape index (κ3) is 6.60. The van der Waals surface area contributed by atoms with Crippen molar-refractivity contribution in [3.63, 3.8) is 0 Å². The van der Waals surface area contributed by atoms with E-state index in [4.69, 9.17) is 14.1 Å². The van der Waals surface area contributed by atoms with Gasteiger partial charge in [0.05, 0.1) is 17.9 Å². The van der Waals surface area contributed by atoms with E-state index >= 15 is 0 Å². The summed E-state index contributed by atoms with van der Waals surface area (Å²) in [5.74, 6) is 1.19. The predicted molar refractivity (Wildman–Crippen MR) is 180 cm³/mol. The van der Waals surface area contributed by atoms with Crippen LogP contribution < -0.4 is 5.32 Å². The summed E-state index contributed by atoms with van der Waals surface area (Å²) in [5, 5.41) is 2.83. The number of nitrogens with one attached hydrogen (secondary N) is 1. The van der Waals surface area contributed by atoms with E-state index in [0.717, 1.165) is 65.0 Å². The number of aliphatic imine (C=N–C) groups is 1. The molecule has 0 aliphatic carbocycles. The standard InChI is InChI=1S/C37H41N5O4/c1-23-14-15-27(21-28(23)40-36(44)46-37(2,3)4)34-38-22-32(45-34)26-17-16-25-19-30(39-29(25)20-26)31-13-10-18-42(31)35(43)33(41(5)6)24-11-8-7-9-12-24/h7-9,11-12,14-17,20-22,31,33H,10,13,18-19H2,1-6H3,(H,40,44)/t31-,33+/m0/s1. The van der Waals surface area contributed by atoms with Crippen molar-refractivity contribution in [3.8, 4) is 22.8 Å². The summed E-state index contributed by atoms with van der Waals surface area (Å²) < 4.78 is 11.6. The molecule has 0 spiro atoms. The summed E-state index contributed by atoms with van der Waals surface area (Å²) in [6.07, 6.45) is 3.78. The number of likely N-dealkylation sites (tertiary alicyclic amines) is 1. The van der Waals surface area contributed by atoms with Gasteiger partial charge in [-0.3, -0.25) is 20.0 Å². The Labute approximate surface area is 270 Å². The highest BCUT2D eigenvalue weighted by Crippen LogP contribution is 2.37. The van der Waals surface area contributed by atoms with E-state index in [1.807, 2.05) is 112 Å². The summed E-state index contributed by atoms with van der Waals surface area (Å²) in [6, 6.07) is 21.4. The maximum atomic E-state index is 13.9. The van der Waals surface area contributed by atoms with Crippen molar-refractivity contribution in [1.29, 1.82) is 0 Å². The number of rotatable bonds is 7. The molecule has 0 unspecified atom stereocenters. The van der Waals surface area contributed by atoms with E-state index in [0.29, 0.717) is 17.3 Å². The van der Waals surface area contributed by atoms with E-state index in [-0.39, 0.29) is 18.0 Å². The molecule has 1 aromatic heterocycles. The smallest absolute Gasteiger partial charge is 0.412 e. The Morgan fingerprint density at radius 2 is 1.80 bits per heavy atom. The molecule has 0 radical (unpaired) electrons. The van der Waals surface area contributed by atoms with Crippen LogP contribution >= 0.6 is 0 Å². The molecule has 3 aromatic carbocycles. The van der Waals surface area contributed by atoms with Gasteiger partial charge in [-0.05, 0) is 89.5 Å². The topological polar surface area (TPSA) is 100 Å². The molecule has 0 bridgehead atoms. The highest BCUT2D eigenvalue weighted by Gasteiger charge is 2.38. The first-order valence-corrected chi connectivity index (χ1v) is 15.8. The van der Waals surface area contributed by atoms with Crippen molar-refractivity contribution in [3.05, 3.63) is 89.6 Å². The number of ether oxygens (including phenoxy) is 1. The summed E-state index contributed by atoms with van der Waals surface area (Å²) in [5.41, 5.74) is 6.61. The van der Waals surface area contributed by atoms with Crippen LogP contribution in [-0.2, 0) is 16.0 Å². The van der Waals surface area contributed by atoms with Crippen LogP contribution in [-0.4, -0.2) is 64.8 Å². The van der Waals surface area contributed by atoms with Crippen LogP contribution in [0.3, 0.4) is 0 Å². The first kappa shape index (κ1) is 31.2. The van der Waals surface area contributed by atoms with Gasteiger partial charge < -0.3 is 14.1 Å². The molecular formula is C37H41N5O4. The fraction of sp³-hybridized carbons (Fsp3) is 0.351. The lowest BCUT2D eigenvalue weighted by Crippen LogP contribution is -2.46. The Morgan fingerprint density at radius 1 is 1.04 bits per heavy atom. The van der Waals surface area contributed by atoms with Gasteiger partial charge in [-0.15, -0.1) is 0 Å². The molecule has 238 valence electrons. The molecule has 1 N–H and O–H groups in total. The number of hydrogen-bond donors (Lipinski definition) is 1. The van der Waals surface area contributed by atoms with E-state index in [1.54, 1.807) is 6.20 Å². The first-order valence-electron chi connectivity index (χ1n) is 15.8. The number of nitrogens with zero attached hydrogens (tertiary/aromatic N) is 4. The van der Waals surface area contributed by atoms with Crippen molar-refractivity contribution in [1.82, 2.24) is 14.8 Å². The third-order valence-corrected chi connectivity index (χ3v) is 8.42. The number of aromatic nitrogens is 1. The average Bonchev–Trinajstić information content (AvgIpc) is 3.77.